The van der Waals surface area contributed by atoms with Gasteiger partial charge in [0.25, 0.3) is 5.91 Å². The lowest BCUT2D eigenvalue weighted by Gasteiger charge is -2.10. The largest absolute Gasteiger partial charge is 0.493 e. The van der Waals surface area contributed by atoms with E-state index in [1.807, 2.05) is 18.2 Å². The normalized spacial score (nSPS) is 10.6. The topological polar surface area (TPSA) is 121 Å². The maximum Gasteiger partial charge on any atom is 0.307 e. The van der Waals surface area contributed by atoms with Crippen LogP contribution in [0.2, 0.25) is 0 Å². The minimum Gasteiger partial charge on any atom is -0.493 e. The number of amides is 1. The van der Waals surface area contributed by atoms with Crippen molar-refractivity contribution < 1.29 is 24.2 Å². The van der Waals surface area contributed by atoms with Crippen molar-refractivity contribution in [1.29, 1.82) is 5.26 Å². The van der Waals surface area contributed by atoms with Crippen LogP contribution in [0.3, 0.4) is 0 Å². The number of hydrogen-bond acceptors (Lipinski definition) is 6. The second-order valence-electron chi connectivity index (χ2n) is 6.28. The van der Waals surface area contributed by atoms with Crippen LogP contribution >= 0.6 is 0 Å². The molecule has 0 fully saturated rings. The molecule has 0 atom stereocenters. The Morgan fingerprint density at radius 2 is 1.73 bits per heavy atom. The summed E-state index contributed by atoms with van der Waals surface area (Å²) in [7, 11) is 3.12. The van der Waals surface area contributed by atoms with Gasteiger partial charge in [-0.2, -0.15) is 5.26 Å². The summed E-state index contributed by atoms with van der Waals surface area (Å²) in [5, 5.41) is 23.6. The van der Waals surface area contributed by atoms with Gasteiger partial charge >= 0.3 is 5.97 Å². The van der Waals surface area contributed by atoms with Gasteiger partial charge in [-0.3, -0.25) is 9.59 Å². The molecule has 0 saturated heterocycles. The zero-order valence-electron chi connectivity index (χ0n) is 16.8. The molecule has 8 nitrogen and oxygen atoms in total. The number of carbonyl (C=O) groups is 2. The van der Waals surface area contributed by atoms with E-state index in [2.05, 4.69) is 10.6 Å². The number of ether oxygens (including phenoxy) is 2. The first-order chi connectivity index (χ1) is 14.5. The number of carbonyl (C=O) groups excluding carboxylic acids is 1. The molecule has 0 aliphatic carbocycles. The number of benzene rings is 2. The van der Waals surface area contributed by atoms with Gasteiger partial charge < -0.3 is 25.2 Å². The van der Waals surface area contributed by atoms with Crippen molar-refractivity contribution in [2.75, 3.05) is 26.1 Å². The standard InChI is InChI=1S/C22H23N3O5/c1-29-19-8-5-16(11-20(19)30-2)9-10-24-22(28)17(13-23)14-25-18-6-3-15(4-7-18)12-21(26)27/h3-8,11,14,25H,9-10,12H2,1-2H3,(H,24,28)(H,26,27)/b17-14-. The Hall–Kier alpha value is -3.99. The van der Waals surface area contributed by atoms with E-state index in [0.717, 1.165) is 5.56 Å². The molecule has 3 N–H and O–H groups in total. The van der Waals surface area contributed by atoms with Crippen LogP contribution in [-0.4, -0.2) is 37.7 Å². The third-order valence-corrected chi connectivity index (χ3v) is 4.20. The van der Waals surface area contributed by atoms with Gasteiger partial charge in [-0.15, -0.1) is 0 Å². The lowest BCUT2D eigenvalue weighted by Crippen LogP contribution is -2.27. The Kier molecular flexibility index (Phi) is 8.27. The fraction of sp³-hybridized carbons (Fsp3) is 0.227. The fourth-order valence-electron chi connectivity index (χ4n) is 2.65. The van der Waals surface area contributed by atoms with Crippen LogP contribution in [-0.2, 0) is 22.4 Å². The Morgan fingerprint density at radius 3 is 2.33 bits per heavy atom. The van der Waals surface area contributed by atoms with E-state index in [0.29, 0.717) is 35.7 Å². The van der Waals surface area contributed by atoms with Gasteiger partial charge in [0, 0.05) is 18.4 Å². The average molecular weight is 409 g/mol. The molecule has 8 heteroatoms. The smallest absolute Gasteiger partial charge is 0.307 e. The van der Waals surface area contributed by atoms with Crippen LogP contribution in [0.5, 0.6) is 11.5 Å². The van der Waals surface area contributed by atoms with Gasteiger partial charge in [-0.25, -0.2) is 0 Å². The first-order valence-corrected chi connectivity index (χ1v) is 9.13. The molecule has 30 heavy (non-hydrogen) atoms. The molecule has 156 valence electrons. The molecule has 0 aliphatic rings. The van der Waals surface area contributed by atoms with Crippen molar-refractivity contribution in [3.63, 3.8) is 0 Å². The molecular formula is C22H23N3O5. The second kappa shape index (κ2) is 11.1. The van der Waals surface area contributed by atoms with Crippen LogP contribution in [0.25, 0.3) is 0 Å². The quantitative estimate of drug-likeness (QED) is 0.407. The van der Waals surface area contributed by atoms with Crippen LogP contribution < -0.4 is 20.1 Å². The first-order valence-electron chi connectivity index (χ1n) is 9.13. The van der Waals surface area contributed by atoms with Gasteiger partial charge in [-0.1, -0.05) is 18.2 Å². The number of rotatable bonds is 10. The molecule has 0 aromatic heterocycles. The van der Waals surface area contributed by atoms with Crippen LogP contribution in [0.15, 0.2) is 54.2 Å². The van der Waals surface area contributed by atoms with Crippen LogP contribution in [0.1, 0.15) is 11.1 Å². The zero-order valence-corrected chi connectivity index (χ0v) is 16.8. The Morgan fingerprint density at radius 1 is 1.07 bits per heavy atom. The minimum absolute atomic E-state index is 0.0674. The Bertz CT molecular complexity index is 962. The van der Waals surface area contributed by atoms with E-state index in [1.54, 1.807) is 44.6 Å². The fourth-order valence-corrected chi connectivity index (χ4v) is 2.65. The lowest BCUT2D eigenvalue weighted by atomic mass is 10.1. The number of anilines is 1. The highest BCUT2D eigenvalue weighted by Crippen LogP contribution is 2.27. The van der Waals surface area contributed by atoms with E-state index >= 15 is 0 Å². The molecule has 0 saturated carbocycles. The van der Waals surface area contributed by atoms with Gasteiger partial charge in [0.2, 0.25) is 0 Å². The number of nitrogens with one attached hydrogen (secondary N) is 2. The molecule has 1 amide bonds. The highest BCUT2D eigenvalue weighted by molar-refractivity contribution is 5.97. The number of nitriles is 1. The van der Waals surface area contributed by atoms with Gasteiger partial charge in [-0.05, 0) is 41.8 Å². The minimum atomic E-state index is -0.910. The van der Waals surface area contributed by atoms with Crippen LogP contribution in [0, 0.1) is 11.3 Å². The molecular weight excluding hydrogens is 386 g/mol. The molecule has 0 bridgehead atoms. The summed E-state index contributed by atoms with van der Waals surface area (Å²) < 4.78 is 10.5. The highest BCUT2D eigenvalue weighted by atomic mass is 16.5. The number of nitrogens with zero attached hydrogens (tertiary/aromatic N) is 1. The summed E-state index contributed by atoms with van der Waals surface area (Å²) in [6, 6.07) is 14.1. The van der Waals surface area contributed by atoms with Gasteiger partial charge in [0.15, 0.2) is 11.5 Å². The molecule has 0 spiro atoms. The molecule has 0 unspecified atom stereocenters. The monoisotopic (exact) mass is 409 g/mol. The van der Waals surface area contributed by atoms with E-state index in [1.165, 1.54) is 6.20 Å². The van der Waals surface area contributed by atoms with E-state index in [4.69, 9.17) is 14.6 Å². The number of aliphatic carboxylic acids is 1. The summed E-state index contributed by atoms with van der Waals surface area (Å²) in [5.41, 5.74) is 2.17. The summed E-state index contributed by atoms with van der Waals surface area (Å²) in [5.74, 6) is -0.167. The molecule has 2 aromatic rings. The van der Waals surface area contributed by atoms with E-state index < -0.39 is 11.9 Å². The molecule has 2 rings (SSSR count). The summed E-state index contributed by atoms with van der Waals surface area (Å²) in [6.07, 6.45) is 1.81. The number of hydrogen-bond donors (Lipinski definition) is 3. The summed E-state index contributed by atoms with van der Waals surface area (Å²) >= 11 is 0. The lowest BCUT2D eigenvalue weighted by molar-refractivity contribution is -0.136. The number of carboxylic acids is 1. The van der Waals surface area contributed by atoms with E-state index in [9.17, 15) is 14.9 Å². The third kappa shape index (κ3) is 6.56. The first kappa shape index (κ1) is 22.3. The molecule has 0 heterocycles. The maximum atomic E-state index is 12.2. The highest BCUT2D eigenvalue weighted by Gasteiger charge is 2.09. The predicted octanol–water partition coefficient (Wildman–Crippen LogP) is 2.51. The predicted molar refractivity (Wildman–Crippen MR) is 111 cm³/mol. The molecule has 0 aliphatic heterocycles. The van der Waals surface area contributed by atoms with Crippen molar-refractivity contribution >= 4 is 17.6 Å². The van der Waals surface area contributed by atoms with Crippen molar-refractivity contribution in [2.45, 2.75) is 12.8 Å². The Balaban J connectivity index is 1.90. The number of carboxylic acid groups (broad SMARTS) is 1. The van der Waals surface area contributed by atoms with Crippen LogP contribution in [0.4, 0.5) is 5.69 Å². The maximum absolute atomic E-state index is 12.2. The SMILES string of the molecule is COc1ccc(CCNC(=O)/C(C#N)=C\Nc2ccc(CC(=O)O)cc2)cc1OC. The van der Waals surface area contributed by atoms with Gasteiger partial charge in [0.1, 0.15) is 11.6 Å². The van der Waals surface area contributed by atoms with Crippen molar-refractivity contribution in [3.8, 4) is 17.6 Å². The van der Waals surface area contributed by atoms with Crippen molar-refractivity contribution in [3.05, 3.63) is 65.4 Å². The summed E-state index contributed by atoms with van der Waals surface area (Å²) in [4.78, 5) is 22.9. The molecule has 0 radical (unpaired) electrons. The molecule has 2 aromatic carbocycles. The second-order valence-corrected chi connectivity index (χ2v) is 6.28. The summed E-state index contributed by atoms with van der Waals surface area (Å²) in [6.45, 7) is 0.344. The van der Waals surface area contributed by atoms with E-state index in [-0.39, 0.29) is 12.0 Å². The average Bonchev–Trinajstić information content (AvgIpc) is 2.74. The van der Waals surface area contributed by atoms with Crippen molar-refractivity contribution in [1.82, 2.24) is 5.32 Å². The Labute approximate surface area is 174 Å². The number of methoxy groups -OCH3 is 2. The zero-order chi connectivity index (χ0) is 21.9. The van der Waals surface area contributed by atoms with Gasteiger partial charge in [0.05, 0.1) is 20.6 Å². The third-order valence-electron chi connectivity index (χ3n) is 4.20. The van der Waals surface area contributed by atoms with Crippen molar-refractivity contribution in [2.24, 2.45) is 0 Å².